The molecule has 18 heavy (non-hydrogen) atoms. The molecule has 1 aliphatic heterocycles. The first-order valence-electron chi connectivity index (χ1n) is 7.40. The number of amides is 1. The molecule has 3 fully saturated rings. The Hall–Kier alpha value is -0.570. The van der Waals surface area contributed by atoms with Crippen LogP contribution in [-0.2, 0) is 9.53 Å². The summed E-state index contributed by atoms with van der Waals surface area (Å²) in [6.45, 7) is 8.03. The van der Waals surface area contributed by atoms with Gasteiger partial charge in [-0.05, 0) is 39.0 Å². The topological polar surface area (TPSA) is 29.5 Å². The van der Waals surface area contributed by atoms with Crippen molar-refractivity contribution >= 4 is 5.91 Å². The van der Waals surface area contributed by atoms with E-state index in [1.54, 1.807) is 0 Å². The minimum absolute atomic E-state index is 0.0322. The lowest BCUT2D eigenvalue weighted by Crippen LogP contribution is -2.60. The third-order valence-electron chi connectivity index (χ3n) is 4.80. The molecule has 2 aliphatic carbocycles. The molecule has 102 valence electrons. The van der Waals surface area contributed by atoms with Gasteiger partial charge in [0, 0.05) is 19.0 Å². The third-order valence-corrected chi connectivity index (χ3v) is 4.80. The highest BCUT2D eigenvalue weighted by molar-refractivity contribution is 5.81. The van der Waals surface area contributed by atoms with Gasteiger partial charge in [0.15, 0.2) is 0 Å². The van der Waals surface area contributed by atoms with E-state index in [1.807, 2.05) is 0 Å². The van der Waals surface area contributed by atoms with Crippen molar-refractivity contribution in [1.29, 1.82) is 0 Å². The van der Waals surface area contributed by atoms with Crippen molar-refractivity contribution in [2.24, 2.45) is 11.8 Å². The molecule has 3 heteroatoms. The molecular weight excluding hydrogens is 226 g/mol. The van der Waals surface area contributed by atoms with Crippen LogP contribution in [0.3, 0.4) is 0 Å². The zero-order chi connectivity index (χ0) is 13.0. The summed E-state index contributed by atoms with van der Waals surface area (Å²) >= 11 is 0. The van der Waals surface area contributed by atoms with E-state index in [0.29, 0.717) is 17.7 Å². The molecule has 3 aliphatic rings. The van der Waals surface area contributed by atoms with Crippen LogP contribution < -0.4 is 0 Å². The Bertz CT molecular complexity index is 358. The Kier molecular flexibility index (Phi) is 2.74. The molecule has 1 spiro atoms. The zero-order valence-corrected chi connectivity index (χ0v) is 11.9. The maximum Gasteiger partial charge on any atom is 0.226 e. The van der Waals surface area contributed by atoms with Gasteiger partial charge in [0.05, 0.1) is 11.2 Å². The van der Waals surface area contributed by atoms with Crippen molar-refractivity contribution in [2.75, 3.05) is 13.1 Å². The third kappa shape index (κ3) is 2.18. The van der Waals surface area contributed by atoms with Gasteiger partial charge in [-0.2, -0.15) is 0 Å². The second-order valence-electron chi connectivity index (χ2n) is 7.27. The van der Waals surface area contributed by atoms with Crippen LogP contribution in [-0.4, -0.2) is 35.1 Å². The van der Waals surface area contributed by atoms with Crippen molar-refractivity contribution in [1.82, 2.24) is 4.90 Å². The van der Waals surface area contributed by atoms with E-state index < -0.39 is 0 Å². The molecule has 2 atom stereocenters. The largest absolute Gasteiger partial charge is 0.365 e. The monoisotopic (exact) mass is 251 g/mol. The Morgan fingerprint density at radius 1 is 1.22 bits per heavy atom. The van der Waals surface area contributed by atoms with Gasteiger partial charge in [0.25, 0.3) is 0 Å². The Labute approximate surface area is 110 Å². The van der Waals surface area contributed by atoms with Crippen LogP contribution in [0.2, 0.25) is 0 Å². The smallest absolute Gasteiger partial charge is 0.226 e. The van der Waals surface area contributed by atoms with Crippen molar-refractivity contribution in [3.63, 3.8) is 0 Å². The molecule has 0 aromatic carbocycles. The minimum atomic E-state index is -0.184. The summed E-state index contributed by atoms with van der Waals surface area (Å²) in [6.07, 6.45) is 5.83. The van der Waals surface area contributed by atoms with Crippen LogP contribution in [0.5, 0.6) is 0 Å². The molecule has 0 N–H and O–H groups in total. The second kappa shape index (κ2) is 3.96. The van der Waals surface area contributed by atoms with Gasteiger partial charge in [0.2, 0.25) is 5.91 Å². The van der Waals surface area contributed by atoms with Crippen LogP contribution in [0.15, 0.2) is 0 Å². The van der Waals surface area contributed by atoms with Gasteiger partial charge in [-0.1, -0.05) is 19.8 Å². The highest BCUT2D eigenvalue weighted by atomic mass is 16.5. The van der Waals surface area contributed by atoms with Crippen molar-refractivity contribution < 1.29 is 9.53 Å². The van der Waals surface area contributed by atoms with Gasteiger partial charge < -0.3 is 9.64 Å². The highest BCUT2D eigenvalue weighted by Gasteiger charge is 2.50. The number of carbonyl (C=O) groups excluding carboxylic acids is 1. The minimum Gasteiger partial charge on any atom is -0.365 e. The van der Waals surface area contributed by atoms with Crippen LogP contribution in [0, 0.1) is 11.8 Å². The molecule has 3 nitrogen and oxygen atoms in total. The van der Waals surface area contributed by atoms with Crippen molar-refractivity contribution in [3.05, 3.63) is 0 Å². The summed E-state index contributed by atoms with van der Waals surface area (Å²) in [5.41, 5.74) is -0.216. The number of carbonyl (C=O) groups is 1. The number of ether oxygens (including phenoxy) is 1. The molecule has 1 amide bonds. The molecule has 0 aromatic heterocycles. The fraction of sp³-hybridized carbons (Fsp3) is 0.933. The molecule has 1 saturated heterocycles. The molecular formula is C15H25NO2. The highest BCUT2D eigenvalue weighted by Crippen LogP contribution is 2.44. The SMILES string of the molecule is CC1CC1C(=O)N1CC(C)(C)OC2(CCCC2)C1. The molecule has 2 unspecified atom stereocenters. The summed E-state index contributed by atoms with van der Waals surface area (Å²) < 4.78 is 6.34. The Balaban J connectivity index is 1.76. The quantitative estimate of drug-likeness (QED) is 0.717. The summed E-state index contributed by atoms with van der Waals surface area (Å²) in [6, 6.07) is 0. The molecule has 3 rings (SSSR count). The van der Waals surface area contributed by atoms with Crippen LogP contribution in [0.25, 0.3) is 0 Å². The lowest BCUT2D eigenvalue weighted by atomic mass is 9.93. The van der Waals surface area contributed by atoms with E-state index in [9.17, 15) is 4.79 Å². The lowest BCUT2D eigenvalue weighted by Gasteiger charge is -2.49. The molecule has 0 radical (unpaired) electrons. The summed E-state index contributed by atoms with van der Waals surface area (Å²) in [5.74, 6) is 1.28. The zero-order valence-electron chi connectivity index (χ0n) is 11.9. The van der Waals surface area contributed by atoms with Gasteiger partial charge in [-0.3, -0.25) is 4.79 Å². The van der Waals surface area contributed by atoms with Gasteiger partial charge in [0.1, 0.15) is 0 Å². The van der Waals surface area contributed by atoms with Crippen LogP contribution in [0.1, 0.15) is 52.9 Å². The van der Waals surface area contributed by atoms with Gasteiger partial charge in [-0.15, -0.1) is 0 Å². The van der Waals surface area contributed by atoms with E-state index >= 15 is 0 Å². The van der Waals surface area contributed by atoms with E-state index in [-0.39, 0.29) is 11.2 Å². The fourth-order valence-electron chi connectivity index (χ4n) is 3.85. The van der Waals surface area contributed by atoms with E-state index in [4.69, 9.17) is 4.74 Å². The van der Waals surface area contributed by atoms with E-state index in [1.165, 1.54) is 12.8 Å². The average molecular weight is 251 g/mol. The standard InChI is InChI=1S/C15H25NO2/c1-11-8-12(11)13(17)16-9-14(2,3)18-15(10-16)6-4-5-7-15/h11-12H,4-10H2,1-3H3. The first-order chi connectivity index (χ1) is 8.41. The van der Waals surface area contributed by atoms with Crippen molar-refractivity contribution in [2.45, 2.75) is 64.1 Å². The van der Waals surface area contributed by atoms with Gasteiger partial charge in [-0.25, -0.2) is 0 Å². The van der Waals surface area contributed by atoms with E-state index in [2.05, 4.69) is 25.7 Å². The van der Waals surface area contributed by atoms with Crippen LogP contribution >= 0.6 is 0 Å². The fourth-order valence-corrected chi connectivity index (χ4v) is 3.85. The van der Waals surface area contributed by atoms with E-state index in [0.717, 1.165) is 32.4 Å². The molecule has 0 bridgehead atoms. The normalized spacial score (nSPS) is 36.9. The number of hydrogen-bond donors (Lipinski definition) is 0. The number of hydrogen-bond acceptors (Lipinski definition) is 2. The summed E-state index contributed by atoms with van der Waals surface area (Å²) in [4.78, 5) is 14.6. The first-order valence-corrected chi connectivity index (χ1v) is 7.40. The average Bonchev–Trinajstić information content (AvgIpc) is 2.83. The van der Waals surface area contributed by atoms with Gasteiger partial charge >= 0.3 is 0 Å². The Morgan fingerprint density at radius 2 is 1.83 bits per heavy atom. The molecule has 2 saturated carbocycles. The maximum atomic E-state index is 12.5. The Morgan fingerprint density at radius 3 is 2.39 bits per heavy atom. The van der Waals surface area contributed by atoms with Crippen molar-refractivity contribution in [3.8, 4) is 0 Å². The maximum absolute atomic E-state index is 12.5. The first kappa shape index (κ1) is 12.5. The summed E-state index contributed by atoms with van der Waals surface area (Å²) in [5, 5.41) is 0. The number of morpholine rings is 1. The second-order valence-corrected chi connectivity index (χ2v) is 7.27. The lowest BCUT2D eigenvalue weighted by molar-refractivity contribution is -0.198. The number of nitrogens with zero attached hydrogens (tertiary/aromatic N) is 1. The summed E-state index contributed by atoms with van der Waals surface area (Å²) in [7, 11) is 0. The number of rotatable bonds is 1. The predicted octanol–water partition coefficient (Wildman–Crippen LogP) is 2.59. The van der Waals surface area contributed by atoms with Crippen LogP contribution in [0.4, 0.5) is 0 Å². The molecule has 1 heterocycles. The predicted molar refractivity (Wildman–Crippen MR) is 70.2 cm³/mol. The molecule has 0 aromatic rings.